The highest BCUT2D eigenvalue weighted by Gasteiger charge is 2.43. The highest BCUT2D eigenvalue weighted by atomic mass is 16.5. The smallest absolute Gasteiger partial charge is 0.320 e. The van der Waals surface area contributed by atoms with Gasteiger partial charge in [0.2, 0.25) is 0 Å². The van der Waals surface area contributed by atoms with E-state index in [4.69, 9.17) is 20.7 Å². The molecule has 9 nitrogen and oxygen atoms in total. The van der Waals surface area contributed by atoms with Crippen molar-refractivity contribution in [2.75, 3.05) is 6.61 Å². The normalized spacial score (nSPS) is 30.0. The van der Waals surface area contributed by atoms with Gasteiger partial charge in [-0.3, -0.25) is 9.59 Å². The van der Waals surface area contributed by atoms with Crippen LogP contribution < -0.4 is 5.73 Å². The number of aliphatic hydroxyl groups excluding tert-OH is 4. The minimum absolute atomic E-state index is 0.122. The van der Waals surface area contributed by atoms with Gasteiger partial charge in [-0.25, -0.2) is 0 Å². The zero-order valence-corrected chi connectivity index (χ0v) is 13.9. The van der Waals surface area contributed by atoms with Gasteiger partial charge in [-0.05, 0) is 12.0 Å². The summed E-state index contributed by atoms with van der Waals surface area (Å²) in [5.74, 6) is -1.49. The lowest BCUT2D eigenvalue weighted by Gasteiger charge is -2.39. The summed E-state index contributed by atoms with van der Waals surface area (Å²) < 4.78 is 5.31. The van der Waals surface area contributed by atoms with Crippen molar-refractivity contribution in [3.63, 3.8) is 0 Å². The molecule has 1 saturated heterocycles. The van der Waals surface area contributed by atoms with Gasteiger partial charge >= 0.3 is 5.97 Å². The maximum absolute atomic E-state index is 12.4. The SMILES string of the molecule is NC(Cc1ccc(C(=O)C[C@@H]2O[C@H](CO)[C@H](O)[C@H](O)[C@H]2O)cc1)C(=O)O. The van der Waals surface area contributed by atoms with E-state index in [1.807, 2.05) is 0 Å². The second-order valence-electron chi connectivity index (χ2n) is 6.34. The van der Waals surface area contributed by atoms with E-state index < -0.39 is 49.1 Å². The number of carbonyl (C=O) groups excluding carboxylic acids is 1. The fourth-order valence-corrected chi connectivity index (χ4v) is 2.82. The van der Waals surface area contributed by atoms with Crippen LogP contribution in [0.3, 0.4) is 0 Å². The molecular formula is C17H23NO8. The van der Waals surface area contributed by atoms with Crippen LogP contribution in [0.15, 0.2) is 24.3 Å². The Morgan fingerprint density at radius 3 is 2.15 bits per heavy atom. The molecule has 0 bridgehead atoms. The summed E-state index contributed by atoms with van der Waals surface area (Å²) in [5.41, 5.74) is 6.43. The molecule has 2 rings (SSSR count). The third-order valence-corrected chi connectivity index (χ3v) is 4.43. The van der Waals surface area contributed by atoms with Crippen LogP contribution in [0.25, 0.3) is 0 Å². The molecule has 1 aliphatic rings. The average molecular weight is 369 g/mol. The van der Waals surface area contributed by atoms with E-state index in [1.165, 1.54) is 12.1 Å². The Hall–Kier alpha value is -1.88. The van der Waals surface area contributed by atoms with Gasteiger partial charge in [-0.15, -0.1) is 0 Å². The van der Waals surface area contributed by atoms with Crippen molar-refractivity contribution in [2.24, 2.45) is 5.73 Å². The molecule has 1 aliphatic heterocycles. The van der Waals surface area contributed by atoms with Crippen molar-refractivity contribution in [1.29, 1.82) is 0 Å². The summed E-state index contributed by atoms with van der Waals surface area (Å²) in [6, 6.07) is 5.16. The first-order valence-corrected chi connectivity index (χ1v) is 8.15. The molecule has 0 amide bonds. The lowest BCUT2D eigenvalue weighted by Crippen LogP contribution is -2.58. The molecule has 0 aliphatic carbocycles. The number of carboxylic acids is 1. The van der Waals surface area contributed by atoms with Crippen LogP contribution >= 0.6 is 0 Å². The number of carboxylic acid groups (broad SMARTS) is 1. The molecular weight excluding hydrogens is 346 g/mol. The number of ketones is 1. The summed E-state index contributed by atoms with van der Waals surface area (Å²) in [5, 5.41) is 47.4. The molecule has 0 aromatic heterocycles. The molecule has 6 atom stereocenters. The molecule has 144 valence electrons. The Balaban J connectivity index is 2.01. The minimum Gasteiger partial charge on any atom is -0.480 e. The second-order valence-corrected chi connectivity index (χ2v) is 6.34. The number of Topliss-reactive ketones (excluding diaryl/α,β-unsaturated/α-hetero) is 1. The van der Waals surface area contributed by atoms with Gasteiger partial charge in [-0.2, -0.15) is 0 Å². The lowest BCUT2D eigenvalue weighted by atomic mass is 9.91. The monoisotopic (exact) mass is 369 g/mol. The van der Waals surface area contributed by atoms with Crippen LogP contribution in [0.1, 0.15) is 22.3 Å². The summed E-state index contributed by atoms with van der Waals surface area (Å²) in [7, 11) is 0. The summed E-state index contributed by atoms with van der Waals surface area (Å²) in [6.07, 6.45) is -6.74. The molecule has 0 saturated carbocycles. The molecule has 1 unspecified atom stereocenters. The number of benzene rings is 1. The highest BCUT2D eigenvalue weighted by Crippen LogP contribution is 2.24. The van der Waals surface area contributed by atoms with Crippen LogP contribution in [0.4, 0.5) is 0 Å². The Labute approximate surface area is 149 Å². The van der Waals surface area contributed by atoms with Gasteiger partial charge in [0.05, 0.1) is 12.7 Å². The van der Waals surface area contributed by atoms with Gasteiger partial charge in [0.25, 0.3) is 0 Å². The molecule has 7 N–H and O–H groups in total. The third kappa shape index (κ3) is 4.64. The van der Waals surface area contributed by atoms with E-state index in [-0.39, 0.29) is 18.6 Å². The van der Waals surface area contributed by atoms with Crippen molar-refractivity contribution < 1.29 is 39.9 Å². The predicted octanol–water partition coefficient (Wildman–Crippen LogP) is -1.94. The number of carbonyl (C=O) groups is 2. The van der Waals surface area contributed by atoms with E-state index in [0.29, 0.717) is 11.1 Å². The van der Waals surface area contributed by atoms with Crippen LogP contribution in [0, 0.1) is 0 Å². The second kappa shape index (κ2) is 8.67. The van der Waals surface area contributed by atoms with E-state index in [9.17, 15) is 24.9 Å². The van der Waals surface area contributed by atoms with Gasteiger partial charge in [-0.1, -0.05) is 24.3 Å². The highest BCUT2D eigenvalue weighted by molar-refractivity contribution is 5.96. The molecule has 1 fully saturated rings. The van der Waals surface area contributed by atoms with Crippen LogP contribution in [-0.4, -0.2) is 80.5 Å². The van der Waals surface area contributed by atoms with E-state index in [1.54, 1.807) is 12.1 Å². The number of ether oxygens (including phenoxy) is 1. The van der Waals surface area contributed by atoms with Crippen LogP contribution in [-0.2, 0) is 16.0 Å². The number of nitrogens with two attached hydrogens (primary N) is 1. The first-order chi connectivity index (χ1) is 12.2. The number of rotatable bonds is 7. The number of hydrogen-bond acceptors (Lipinski definition) is 8. The maximum Gasteiger partial charge on any atom is 0.320 e. The average Bonchev–Trinajstić information content (AvgIpc) is 2.62. The van der Waals surface area contributed by atoms with Crippen molar-refractivity contribution in [2.45, 2.75) is 49.4 Å². The number of aliphatic hydroxyl groups is 4. The first kappa shape index (κ1) is 20.4. The molecule has 0 spiro atoms. The van der Waals surface area contributed by atoms with Crippen molar-refractivity contribution in [1.82, 2.24) is 0 Å². The zero-order valence-electron chi connectivity index (χ0n) is 13.9. The standard InChI is InChI=1S/C17H23NO8/c18-10(17(24)25)5-8-1-3-9(4-2-8)11(20)6-12-14(21)16(23)15(22)13(7-19)26-12/h1-4,10,12-16,19,21-23H,5-7,18H2,(H,24,25)/t10?,12-,13+,14-,15-,16+/m0/s1. The first-order valence-electron chi connectivity index (χ1n) is 8.15. The fraction of sp³-hybridized carbons (Fsp3) is 0.529. The third-order valence-electron chi connectivity index (χ3n) is 4.43. The Morgan fingerprint density at radius 1 is 1.04 bits per heavy atom. The maximum atomic E-state index is 12.4. The molecule has 1 heterocycles. The summed E-state index contributed by atoms with van der Waals surface area (Å²) in [6.45, 7) is -0.561. The van der Waals surface area contributed by atoms with Crippen LogP contribution in [0.5, 0.6) is 0 Å². The minimum atomic E-state index is -1.53. The van der Waals surface area contributed by atoms with Crippen molar-refractivity contribution in [3.05, 3.63) is 35.4 Å². The van der Waals surface area contributed by atoms with Gasteiger partial charge in [0.1, 0.15) is 30.5 Å². The quantitative estimate of drug-likeness (QED) is 0.299. The Kier molecular flexibility index (Phi) is 6.81. The van der Waals surface area contributed by atoms with Gasteiger partial charge < -0.3 is 36.0 Å². The summed E-state index contributed by atoms with van der Waals surface area (Å²) >= 11 is 0. The molecule has 1 aromatic rings. The number of hydrogen-bond donors (Lipinski definition) is 6. The van der Waals surface area contributed by atoms with E-state index in [2.05, 4.69) is 0 Å². The van der Waals surface area contributed by atoms with Crippen LogP contribution in [0.2, 0.25) is 0 Å². The molecule has 1 aromatic carbocycles. The van der Waals surface area contributed by atoms with Crippen molar-refractivity contribution >= 4 is 11.8 Å². The van der Waals surface area contributed by atoms with Gasteiger partial charge in [0.15, 0.2) is 5.78 Å². The van der Waals surface area contributed by atoms with E-state index >= 15 is 0 Å². The Bertz CT molecular complexity index is 632. The topological polar surface area (TPSA) is 171 Å². The largest absolute Gasteiger partial charge is 0.480 e. The van der Waals surface area contributed by atoms with Gasteiger partial charge in [0, 0.05) is 12.0 Å². The molecule has 0 radical (unpaired) electrons. The lowest BCUT2D eigenvalue weighted by molar-refractivity contribution is -0.227. The summed E-state index contributed by atoms with van der Waals surface area (Å²) in [4.78, 5) is 23.1. The Morgan fingerprint density at radius 2 is 1.62 bits per heavy atom. The predicted molar refractivity (Wildman–Crippen MR) is 88.5 cm³/mol. The van der Waals surface area contributed by atoms with E-state index in [0.717, 1.165) is 0 Å². The zero-order chi connectivity index (χ0) is 19.4. The molecule has 9 heteroatoms. The molecule has 26 heavy (non-hydrogen) atoms. The fourth-order valence-electron chi connectivity index (χ4n) is 2.82. The number of aliphatic carboxylic acids is 1. The van der Waals surface area contributed by atoms with Crippen molar-refractivity contribution in [3.8, 4) is 0 Å².